The third kappa shape index (κ3) is 4.18. The van der Waals surface area contributed by atoms with Crippen molar-refractivity contribution in [2.45, 2.75) is 32.5 Å². The van der Waals surface area contributed by atoms with Crippen molar-refractivity contribution in [3.05, 3.63) is 33.9 Å². The van der Waals surface area contributed by atoms with Crippen LogP contribution in [0.25, 0.3) is 0 Å². The van der Waals surface area contributed by atoms with E-state index in [1.165, 1.54) is 6.07 Å². The Hall–Kier alpha value is -1.66. The molecular formula is C13H20N2O4. The summed E-state index contributed by atoms with van der Waals surface area (Å²) in [5, 5.41) is 29.8. The minimum Gasteiger partial charge on any atom is -0.393 e. The molecule has 0 saturated heterocycles. The highest BCUT2D eigenvalue weighted by Gasteiger charge is 2.19. The van der Waals surface area contributed by atoms with Crippen LogP contribution in [-0.4, -0.2) is 34.8 Å². The Labute approximate surface area is 112 Å². The molecule has 0 aliphatic heterocycles. The van der Waals surface area contributed by atoms with E-state index in [1.807, 2.05) is 0 Å². The predicted octanol–water partition coefficient (Wildman–Crippen LogP) is 1.86. The van der Waals surface area contributed by atoms with E-state index in [0.717, 1.165) is 0 Å². The topological polar surface area (TPSA) is 86.8 Å². The lowest BCUT2D eigenvalue weighted by atomic mass is 10.1. The van der Waals surface area contributed by atoms with Crippen LogP contribution in [0.5, 0.6) is 0 Å². The highest BCUT2D eigenvalue weighted by Crippen LogP contribution is 2.30. The lowest BCUT2D eigenvalue weighted by Crippen LogP contribution is -2.22. The molecule has 1 aromatic rings. The second kappa shape index (κ2) is 6.49. The molecule has 2 atom stereocenters. The average Bonchev–Trinajstić information content (AvgIpc) is 2.34. The molecule has 106 valence electrons. The molecule has 1 aromatic carbocycles. The van der Waals surface area contributed by atoms with Crippen molar-refractivity contribution >= 4 is 11.4 Å². The van der Waals surface area contributed by atoms with E-state index >= 15 is 0 Å². The van der Waals surface area contributed by atoms with Gasteiger partial charge in [0.1, 0.15) is 5.69 Å². The van der Waals surface area contributed by atoms with Crippen LogP contribution in [0.1, 0.15) is 31.9 Å². The van der Waals surface area contributed by atoms with Gasteiger partial charge in [-0.1, -0.05) is 6.07 Å². The van der Waals surface area contributed by atoms with Crippen molar-refractivity contribution in [2.24, 2.45) is 0 Å². The van der Waals surface area contributed by atoms with Crippen LogP contribution in [0.2, 0.25) is 0 Å². The molecule has 1 rings (SSSR count). The molecule has 0 aromatic heterocycles. The maximum Gasteiger partial charge on any atom is 0.292 e. The summed E-state index contributed by atoms with van der Waals surface area (Å²) in [5.41, 5.74) is 0.959. The molecule has 19 heavy (non-hydrogen) atoms. The number of rotatable bonds is 6. The maximum atomic E-state index is 11.1. The zero-order valence-electron chi connectivity index (χ0n) is 11.4. The monoisotopic (exact) mass is 268 g/mol. The van der Waals surface area contributed by atoms with Crippen molar-refractivity contribution in [1.82, 2.24) is 0 Å². The Balaban J connectivity index is 3.02. The lowest BCUT2D eigenvalue weighted by molar-refractivity contribution is -0.384. The lowest BCUT2D eigenvalue weighted by Gasteiger charge is -2.20. The van der Waals surface area contributed by atoms with E-state index in [9.17, 15) is 20.3 Å². The maximum absolute atomic E-state index is 11.1. The molecule has 0 bridgehead atoms. The average molecular weight is 268 g/mol. The summed E-state index contributed by atoms with van der Waals surface area (Å²) in [6, 6.07) is 4.69. The smallest absolute Gasteiger partial charge is 0.292 e. The van der Waals surface area contributed by atoms with Gasteiger partial charge >= 0.3 is 0 Å². The van der Waals surface area contributed by atoms with Crippen molar-refractivity contribution in [3.63, 3.8) is 0 Å². The zero-order chi connectivity index (χ0) is 14.6. The molecule has 0 radical (unpaired) electrons. The Kier molecular flexibility index (Phi) is 5.26. The highest BCUT2D eigenvalue weighted by molar-refractivity contribution is 5.64. The predicted molar refractivity (Wildman–Crippen MR) is 73.3 cm³/mol. The minimum atomic E-state index is -0.740. The van der Waals surface area contributed by atoms with E-state index in [1.54, 1.807) is 37.9 Å². The first-order valence-corrected chi connectivity index (χ1v) is 6.18. The fourth-order valence-corrected chi connectivity index (χ4v) is 1.77. The van der Waals surface area contributed by atoms with Gasteiger partial charge in [0, 0.05) is 19.7 Å². The molecular weight excluding hydrogens is 248 g/mol. The minimum absolute atomic E-state index is 0.0357. The largest absolute Gasteiger partial charge is 0.393 e. The number of aliphatic hydroxyl groups is 2. The summed E-state index contributed by atoms with van der Waals surface area (Å²) in [6.45, 7) is 3.77. The van der Waals surface area contributed by atoms with Crippen LogP contribution in [0.15, 0.2) is 18.2 Å². The fourth-order valence-electron chi connectivity index (χ4n) is 1.77. The van der Waals surface area contributed by atoms with Crippen molar-refractivity contribution < 1.29 is 15.1 Å². The Morgan fingerprint density at radius 3 is 2.47 bits per heavy atom. The van der Waals surface area contributed by atoms with Crippen molar-refractivity contribution in [1.29, 1.82) is 0 Å². The number of hydrogen-bond acceptors (Lipinski definition) is 5. The van der Waals surface area contributed by atoms with Gasteiger partial charge in [-0.05, 0) is 31.9 Å². The summed E-state index contributed by atoms with van der Waals surface area (Å²) in [6.07, 6.45) is -0.653. The van der Waals surface area contributed by atoms with Crippen LogP contribution in [0.3, 0.4) is 0 Å². The summed E-state index contributed by atoms with van der Waals surface area (Å²) in [5.74, 6) is 0. The number of nitrogens with zero attached hydrogens (tertiary/aromatic N) is 2. The van der Waals surface area contributed by atoms with E-state index in [-0.39, 0.29) is 5.69 Å². The molecule has 2 N–H and O–H groups in total. The number of hydrogen-bond donors (Lipinski definition) is 2. The van der Waals surface area contributed by atoms with E-state index in [0.29, 0.717) is 24.2 Å². The van der Waals surface area contributed by atoms with Crippen LogP contribution in [0.4, 0.5) is 11.4 Å². The molecule has 0 amide bonds. The summed E-state index contributed by atoms with van der Waals surface area (Å²) in [4.78, 5) is 12.4. The van der Waals surface area contributed by atoms with Gasteiger partial charge in [0.05, 0.1) is 17.1 Å². The van der Waals surface area contributed by atoms with Crippen molar-refractivity contribution in [2.75, 3.05) is 18.5 Å². The standard InChI is InChI=1S/C13H20N2O4/c1-9(16)6-7-14(3)12-5-4-11(10(2)17)8-13(12)15(18)19/h4-5,8-10,16-17H,6-7H2,1-3H3/t9?,10-/m0/s1. The molecule has 6 nitrogen and oxygen atoms in total. The van der Waals surface area contributed by atoms with Gasteiger partial charge in [0.25, 0.3) is 5.69 Å². The van der Waals surface area contributed by atoms with Gasteiger partial charge in [0.15, 0.2) is 0 Å². The third-order valence-corrected chi connectivity index (χ3v) is 2.97. The molecule has 0 saturated carbocycles. The van der Waals surface area contributed by atoms with Crippen LogP contribution < -0.4 is 4.90 Å². The van der Waals surface area contributed by atoms with E-state index in [2.05, 4.69) is 0 Å². The second-order valence-electron chi connectivity index (χ2n) is 4.74. The van der Waals surface area contributed by atoms with Crippen LogP contribution >= 0.6 is 0 Å². The summed E-state index contributed by atoms with van der Waals surface area (Å²) >= 11 is 0. The quantitative estimate of drug-likeness (QED) is 0.607. The first-order chi connectivity index (χ1) is 8.82. The molecule has 0 aliphatic carbocycles. The third-order valence-electron chi connectivity index (χ3n) is 2.97. The van der Waals surface area contributed by atoms with Gasteiger partial charge < -0.3 is 15.1 Å². The van der Waals surface area contributed by atoms with E-state index < -0.39 is 17.1 Å². The van der Waals surface area contributed by atoms with Gasteiger partial charge in [-0.2, -0.15) is 0 Å². The van der Waals surface area contributed by atoms with Crippen LogP contribution in [-0.2, 0) is 0 Å². The number of nitro groups is 1. The highest BCUT2D eigenvalue weighted by atomic mass is 16.6. The summed E-state index contributed by atoms with van der Waals surface area (Å²) < 4.78 is 0. The summed E-state index contributed by atoms with van der Waals surface area (Å²) in [7, 11) is 1.74. The SMILES string of the molecule is CC(O)CCN(C)c1ccc([C@H](C)O)cc1[N+](=O)[O-]. The second-order valence-corrected chi connectivity index (χ2v) is 4.74. The fraction of sp³-hybridized carbons (Fsp3) is 0.538. The molecule has 0 aliphatic rings. The molecule has 1 unspecified atom stereocenters. The number of anilines is 1. The first kappa shape index (κ1) is 15.4. The van der Waals surface area contributed by atoms with Gasteiger partial charge in [-0.25, -0.2) is 0 Å². The van der Waals surface area contributed by atoms with Gasteiger partial charge in [-0.15, -0.1) is 0 Å². The van der Waals surface area contributed by atoms with Crippen LogP contribution in [0, 0.1) is 10.1 Å². The molecule has 6 heteroatoms. The van der Waals surface area contributed by atoms with Gasteiger partial charge in [-0.3, -0.25) is 10.1 Å². The Morgan fingerprint density at radius 2 is 2.00 bits per heavy atom. The molecule has 0 fully saturated rings. The molecule has 0 heterocycles. The van der Waals surface area contributed by atoms with Gasteiger partial charge in [0.2, 0.25) is 0 Å². The first-order valence-electron chi connectivity index (χ1n) is 6.18. The van der Waals surface area contributed by atoms with E-state index in [4.69, 9.17) is 0 Å². The molecule has 0 spiro atoms. The normalized spacial score (nSPS) is 13.9. The Bertz CT molecular complexity index is 446. The zero-order valence-corrected chi connectivity index (χ0v) is 11.4. The van der Waals surface area contributed by atoms with Crippen molar-refractivity contribution in [3.8, 4) is 0 Å². The number of nitro benzene ring substituents is 1. The Morgan fingerprint density at radius 1 is 1.37 bits per heavy atom. The number of aliphatic hydroxyl groups excluding tert-OH is 2. The number of benzene rings is 1.